The average Bonchev–Trinajstić information content (AvgIpc) is 2.68. The van der Waals surface area contributed by atoms with E-state index >= 15 is 0 Å². The summed E-state index contributed by atoms with van der Waals surface area (Å²) < 4.78 is 13.4. The Kier molecular flexibility index (Phi) is 6.49. The first-order valence-corrected chi connectivity index (χ1v) is 9.46. The van der Waals surface area contributed by atoms with Gasteiger partial charge in [0.2, 0.25) is 5.91 Å². The zero-order valence-corrected chi connectivity index (χ0v) is 16.4. The maximum atomic E-state index is 13.4. The number of rotatable bonds is 7. The number of pyridine rings is 1. The Balaban J connectivity index is 1.90. The molecule has 3 aromatic rings. The molecule has 0 aliphatic heterocycles. The molecule has 2 aromatic heterocycles. The topological polar surface area (TPSA) is 87.7 Å². The predicted molar refractivity (Wildman–Crippen MR) is 109 cm³/mol. The summed E-state index contributed by atoms with van der Waals surface area (Å²) in [5.41, 5.74) is 1.73. The van der Waals surface area contributed by atoms with Crippen molar-refractivity contribution in [2.45, 2.75) is 32.7 Å². The van der Waals surface area contributed by atoms with Gasteiger partial charge in [0.1, 0.15) is 11.6 Å². The number of aromatic amines is 1. The third kappa shape index (κ3) is 5.81. The van der Waals surface area contributed by atoms with Crippen LogP contribution in [0.2, 0.25) is 0 Å². The molecule has 1 atom stereocenters. The van der Waals surface area contributed by atoms with E-state index in [1.807, 2.05) is 13.8 Å². The minimum atomic E-state index is -0.429. The molecule has 2 heterocycles. The lowest BCUT2D eigenvalue weighted by molar-refractivity contribution is -0.122. The highest BCUT2D eigenvalue weighted by Gasteiger charge is 2.18. The molecule has 150 valence electrons. The molecule has 0 saturated carbocycles. The smallest absolute Gasteiger partial charge is 0.251 e. The van der Waals surface area contributed by atoms with Gasteiger partial charge in [0.05, 0.1) is 11.7 Å². The van der Waals surface area contributed by atoms with E-state index in [1.54, 1.807) is 36.7 Å². The van der Waals surface area contributed by atoms with Gasteiger partial charge in [0, 0.05) is 36.9 Å². The first-order chi connectivity index (χ1) is 13.9. The van der Waals surface area contributed by atoms with E-state index in [1.165, 1.54) is 18.2 Å². The van der Waals surface area contributed by atoms with E-state index in [-0.39, 0.29) is 23.2 Å². The summed E-state index contributed by atoms with van der Waals surface area (Å²) in [5.74, 6) is 0.185. The van der Waals surface area contributed by atoms with E-state index in [0.717, 1.165) is 11.1 Å². The van der Waals surface area contributed by atoms with Gasteiger partial charge in [0.15, 0.2) is 0 Å². The summed E-state index contributed by atoms with van der Waals surface area (Å²) >= 11 is 0. The van der Waals surface area contributed by atoms with E-state index in [9.17, 15) is 14.0 Å². The van der Waals surface area contributed by atoms with Gasteiger partial charge in [-0.15, -0.1) is 0 Å². The van der Waals surface area contributed by atoms with Crippen molar-refractivity contribution in [3.05, 3.63) is 82.3 Å². The molecule has 7 heteroatoms. The zero-order chi connectivity index (χ0) is 20.8. The van der Waals surface area contributed by atoms with E-state index in [2.05, 4.69) is 20.3 Å². The minimum Gasteiger partial charge on any atom is -0.349 e. The Labute approximate surface area is 168 Å². The van der Waals surface area contributed by atoms with Gasteiger partial charge in [0.25, 0.3) is 5.56 Å². The van der Waals surface area contributed by atoms with Crippen molar-refractivity contribution in [3.8, 4) is 11.4 Å². The van der Waals surface area contributed by atoms with Gasteiger partial charge < -0.3 is 10.3 Å². The summed E-state index contributed by atoms with van der Waals surface area (Å²) in [4.78, 5) is 35.8. The Morgan fingerprint density at radius 3 is 2.48 bits per heavy atom. The van der Waals surface area contributed by atoms with Crippen LogP contribution in [0.15, 0.2) is 59.7 Å². The van der Waals surface area contributed by atoms with Crippen LogP contribution in [0.5, 0.6) is 0 Å². The lowest BCUT2D eigenvalue weighted by atomic mass is 10.0. The van der Waals surface area contributed by atoms with Crippen molar-refractivity contribution < 1.29 is 9.18 Å². The van der Waals surface area contributed by atoms with Gasteiger partial charge in [-0.25, -0.2) is 9.37 Å². The number of H-pyrrole nitrogens is 1. The molecular weight excluding hydrogens is 371 g/mol. The summed E-state index contributed by atoms with van der Waals surface area (Å²) in [5, 5.41) is 2.99. The average molecular weight is 394 g/mol. The summed E-state index contributed by atoms with van der Waals surface area (Å²) in [6.07, 6.45) is 3.92. The number of hydrogen-bond donors (Lipinski definition) is 2. The standard InChI is InChI=1S/C22H23FN4O2/c1-14(2)11-20(28)26-19(15-3-5-17(23)6-4-15)12-18-13-21(29)27-22(25-18)16-7-9-24-10-8-16/h3-10,13-14,19H,11-12H2,1-2H3,(H,26,28)(H,25,27,29)/t19-/m1/s1. The van der Waals surface area contributed by atoms with Crippen molar-refractivity contribution in [2.24, 2.45) is 5.92 Å². The van der Waals surface area contributed by atoms with Gasteiger partial charge in [-0.1, -0.05) is 26.0 Å². The maximum Gasteiger partial charge on any atom is 0.251 e. The quantitative estimate of drug-likeness (QED) is 0.643. The molecule has 0 spiro atoms. The number of hydrogen-bond acceptors (Lipinski definition) is 4. The fourth-order valence-corrected chi connectivity index (χ4v) is 3.04. The normalized spacial score (nSPS) is 12.0. The largest absolute Gasteiger partial charge is 0.349 e. The number of nitrogens with zero attached hydrogens (tertiary/aromatic N) is 2. The minimum absolute atomic E-state index is 0.103. The summed E-state index contributed by atoms with van der Waals surface area (Å²) in [6.45, 7) is 3.93. The number of carbonyl (C=O) groups is 1. The third-order valence-electron chi connectivity index (χ3n) is 4.36. The van der Waals surface area contributed by atoms with Crippen molar-refractivity contribution in [1.82, 2.24) is 20.3 Å². The summed E-state index contributed by atoms with van der Waals surface area (Å²) in [6, 6.07) is 10.5. The number of nitrogens with one attached hydrogen (secondary N) is 2. The highest BCUT2D eigenvalue weighted by atomic mass is 19.1. The highest BCUT2D eigenvalue weighted by Crippen LogP contribution is 2.20. The number of benzene rings is 1. The monoisotopic (exact) mass is 394 g/mol. The molecule has 0 radical (unpaired) electrons. The van der Waals surface area contributed by atoms with Crippen LogP contribution in [0.1, 0.15) is 37.6 Å². The van der Waals surface area contributed by atoms with E-state index < -0.39 is 6.04 Å². The fraction of sp³-hybridized carbons (Fsp3) is 0.273. The molecule has 29 heavy (non-hydrogen) atoms. The van der Waals surface area contributed by atoms with Gasteiger partial charge >= 0.3 is 0 Å². The first-order valence-electron chi connectivity index (χ1n) is 9.46. The Morgan fingerprint density at radius 2 is 1.83 bits per heavy atom. The molecule has 0 unspecified atom stereocenters. The third-order valence-corrected chi connectivity index (χ3v) is 4.36. The van der Waals surface area contributed by atoms with E-state index in [4.69, 9.17) is 0 Å². The predicted octanol–water partition coefficient (Wildman–Crippen LogP) is 3.42. The van der Waals surface area contributed by atoms with Gasteiger partial charge in [-0.3, -0.25) is 14.6 Å². The van der Waals surface area contributed by atoms with Crippen molar-refractivity contribution in [1.29, 1.82) is 0 Å². The van der Waals surface area contributed by atoms with Gasteiger partial charge in [-0.05, 0) is 35.7 Å². The molecular formula is C22H23FN4O2. The maximum absolute atomic E-state index is 13.4. The molecule has 0 fully saturated rings. The summed E-state index contributed by atoms with van der Waals surface area (Å²) in [7, 11) is 0. The van der Waals surface area contributed by atoms with Crippen LogP contribution in [-0.4, -0.2) is 20.9 Å². The molecule has 2 N–H and O–H groups in total. The number of carbonyl (C=O) groups excluding carboxylic acids is 1. The number of halogens is 1. The Morgan fingerprint density at radius 1 is 1.14 bits per heavy atom. The zero-order valence-electron chi connectivity index (χ0n) is 16.4. The van der Waals surface area contributed by atoms with Crippen LogP contribution in [0, 0.1) is 11.7 Å². The number of aromatic nitrogens is 3. The molecule has 0 aliphatic rings. The Hall–Kier alpha value is -3.35. The van der Waals surface area contributed by atoms with Crippen molar-refractivity contribution in [2.75, 3.05) is 0 Å². The van der Waals surface area contributed by atoms with Crippen LogP contribution in [-0.2, 0) is 11.2 Å². The molecule has 6 nitrogen and oxygen atoms in total. The highest BCUT2D eigenvalue weighted by molar-refractivity contribution is 5.76. The second kappa shape index (κ2) is 9.23. The lowest BCUT2D eigenvalue weighted by Gasteiger charge is -2.20. The SMILES string of the molecule is CC(C)CC(=O)N[C@H](Cc1cc(=O)[nH]c(-c2ccncc2)n1)c1ccc(F)cc1. The molecule has 0 saturated heterocycles. The Bertz CT molecular complexity index is 1020. The van der Waals surface area contributed by atoms with Crippen LogP contribution in [0.4, 0.5) is 4.39 Å². The van der Waals surface area contributed by atoms with Crippen molar-refractivity contribution >= 4 is 5.91 Å². The van der Waals surface area contributed by atoms with Crippen LogP contribution in [0.25, 0.3) is 11.4 Å². The number of amides is 1. The second-order valence-corrected chi connectivity index (χ2v) is 7.29. The van der Waals surface area contributed by atoms with Crippen molar-refractivity contribution in [3.63, 3.8) is 0 Å². The second-order valence-electron chi connectivity index (χ2n) is 7.29. The molecule has 3 rings (SSSR count). The lowest BCUT2D eigenvalue weighted by Crippen LogP contribution is -2.31. The van der Waals surface area contributed by atoms with Gasteiger partial charge in [-0.2, -0.15) is 0 Å². The van der Waals surface area contributed by atoms with Crippen LogP contribution < -0.4 is 10.9 Å². The van der Waals surface area contributed by atoms with Crippen LogP contribution >= 0.6 is 0 Å². The first kappa shape index (κ1) is 20.4. The molecule has 0 aliphatic carbocycles. The molecule has 1 amide bonds. The molecule has 0 bridgehead atoms. The van der Waals surface area contributed by atoms with Crippen LogP contribution in [0.3, 0.4) is 0 Å². The molecule has 1 aromatic carbocycles. The fourth-order valence-electron chi connectivity index (χ4n) is 3.04. The van der Waals surface area contributed by atoms with E-state index in [0.29, 0.717) is 24.4 Å².